The molecule has 208 valence electrons. The number of hydrogen-bond acceptors (Lipinski definition) is 4. The van der Waals surface area contributed by atoms with Gasteiger partial charge < -0.3 is 19.7 Å². The van der Waals surface area contributed by atoms with Crippen molar-refractivity contribution in [1.29, 1.82) is 0 Å². The van der Waals surface area contributed by atoms with Crippen molar-refractivity contribution in [1.82, 2.24) is 0 Å². The molecule has 0 spiro atoms. The Bertz CT molecular complexity index is 1050. The molecule has 0 saturated carbocycles. The predicted molar refractivity (Wildman–Crippen MR) is 137 cm³/mol. The Labute approximate surface area is 219 Å². The molecule has 38 heavy (non-hydrogen) atoms. The molecule has 1 aromatic carbocycles. The minimum Gasteiger partial charge on any atom is -0.491 e. The van der Waals surface area contributed by atoms with E-state index in [-0.39, 0.29) is 45.0 Å². The fourth-order valence-electron chi connectivity index (χ4n) is 3.67. The van der Waals surface area contributed by atoms with Crippen molar-refractivity contribution in [2.24, 2.45) is 0 Å². The number of benzene rings is 1. The van der Waals surface area contributed by atoms with Gasteiger partial charge in [0.1, 0.15) is 24.8 Å². The van der Waals surface area contributed by atoms with Gasteiger partial charge in [0.15, 0.2) is 11.6 Å². The SMILES string of the molecule is OCCOC1=C/C=C(F)/C(CCCCCCC(F)(F)F)=C(c2ccc(OCCO)cc2)\C=C/C=C/C=C\1F. The van der Waals surface area contributed by atoms with E-state index in [1.807, 2.05) is 0 Å². The monoisotopic (exact) mass is 540 g/mol. The molecule has 0 fully saturated rings. The first-order chi connectivity index (χ1) is 18.2. The van der Waals surface area contributed by atoms with E-state index in [9.17, 15) is 17.6 Å². The van der Waals surface area contributed by atoms with Gasteiger partial charge in [-0.05, 0) is 66.3 Å². The van der Waals surface area contributed by atoms with Gasteiger partial charge in [-0.2, -0.15) is 13.2 Å². The highest BCUT2D eigenvalue weighted by atomic mass is 19.4. The van der Waals surface area contributed by atoms with Crippen LogP contribution in [0.25, 0.3) is 5.57 Å². The fraction of sp³-hybridized carbons (Fsp3) is 0.379. The van der Waals surface area contributed by atoms with Gasteiger partial charge in [-0.1, -0.05) is 49.3 Å². The average molecular weight is 541 g/mol. The zero-order valence-electron chi connectivity index (χ0n) is 21.0. The van der Waals surface area contributed by atoms with E-state index >= 15 is 4.39 Å². The lowest BCUT2D eigenvalue weighted by atomic mass is 9.93. The molecule has 4 nitrogen and oxygen atoms in total. The Morgan fingerprint density at radius 1 is 0.711 bits per heavy atom. The van der Waals surface area contributed by atoms with Crippen molar-refractivity contribution < 1.29 is 41.6 Å². The number of ether oxygens (including phenoxy) is 2. The van der Waals surface area contributed by atoms with Crippen LogP contribution in [0.15, 0.2) is 89.8 Å². The van der Waals surface area contributed by atoms with Gasteiger partial charge >= 0.3 is 6.18 Å². The highest BCUT2D eigenvalue weighted by Crippen LogP contribution is 2.32. The number of aliphatic hydroxyl groups excluding tert-OH is 2. The van der Waals surface area contributed by atoms with E-state index < -0.39 is 24.3 Å². The van der Waals surface area contributed by atoms with Crippen LogP contribution in [0.5, 0.6) is 5.75 Å². The van der Waals surface area contributed by atoms with Crippen LogP contribution in [0, 0.1) is 0 Å². The van der Waals surface area contributed by atoms with Crippen LogP contribution in [0.4, 0.5) is 22.0 Å². The van der Waals surface area contributed by atoms with Crippen LogP contribution < -0.4 is 4.74 Å². The number of unbranched alkanes of at least 4 members (excludes halogenated alkanes) is 3. The van der Waals surface area contributed by atoms with Crippen LogP contribution in [0.2, 0.25) is 0 Å². The van der Waals surface area contributed by atoms with E-state index in [1.165, 1.54) is 6.08 Å². The maximum absolute atomic E-state index is 15.6. The van der Waals surface area contributed by atoms with E-state index in [0.29, 0.717) is 41.7 Å². The molecule has 2 rings (SSSR count). The Balaban J connectivity index is 2.43. The number of halogens is 5. The molecule has 1 aliphatic rings. The Morgan fingerprint density at radius 3 is 2.08 bits per heavy atom. The lowest BCUT2D eigenvalue weighted by molar-refractivity contribution is -0.135. The number of rotatable bonds is 13. The summed E-state index contributed by atoms with van der Waals surface area (Å²) in [5, 5.41) is 18.0. The molecule has 0 aromatic heterocycles. The molecule has 0 bridgehead atoms. The fourth-order valence-corrected chi connectivity index (χ4v) is 3.67. The predicted octanol–water partition coefficient (Wildman–Crippen LogP) is 7.44. The molecule has 0 amide bonds. The number of alkyl halides is 3. The van der Waals surface area contributed by atoms with Gasteiger partial charge in [0.05, 0.1) is 13.2 Å². The van der Waals surface area contributed by atoms with Gasteiger partial charge in [-0.25, -0.2) is 8.78 Å². The van der Waals surface area contributed by atoms with Crippen LogP contribution >= 0.6 is 0 Å². The molecule has 0 radical (unpaired) electrons. The molecule has 0 aliphatic heterocycles. The summed E-state index contributed by atoms with van der Waals surface area (Å²) in [6.45, 7) is -0.543. The molecule has 2 N–H and O–H groups in total. The van der Waals surface area contributed by atoms with Gasteiger partial charge in [-0.3, -0.25) is 0 Å². The summed E-state index contributed by atoms with van der Waals surface area (Å²) in [7, 11) is 0. The van der Waals surface area contributed by atoms with Crippen LogP contribution in [-0.2, 0) is 4.74 Å². The smallest absolute Gasteiger partial charge is 0.389 e. The molecule has 1 aliphatic carbocycles. The minimum absolute atomic E-state index is 0.00757. The molecular formula is C29H33F5O4. The highest BCUT2D eigenvalue weighted by molar-refractivity contribution is 5.79. The quantitative estimate of drug-likeness (QED) is 0.202. The molecule has 0 unspecified atom stereocenters. The highest BCUT2D eigenvalue weighted by Gasteiger charge is 2.25. The first-order valence-electron chi connectivity index (χ1n) is 12.4. The molecule has 0 heterocycles. The van der Waals surface area contributed by atoms with Crippen molar-refractivity contribution in [3.05, 3.63) is 95.3 Å². The Hall–Kier alpha value is -3.17. The van der Waals surface area contributed by atoms with Gasteiger partial charge in [0.2, 0.25) is 0 Å². The summed E-state index contributed by atoms with van der Waals surface area (Å²) in [6, 6.07) is 6.85. The number of aliphatic hydroxyl groups is 2. The normalized spacial score (nSPS) is 22.6. The van der Waals surface area contributed by atoms with Gasteiger partial charge in [-0.15, -0.1) is 0 Å². The maximum atomic E-state index is 15.6. The zero-order valence-corrected chi connectivity index (χ0v) is 21.0. The summed E-state index contributed by atoms with van der Waals surface area (Å²) in [5.74, 6) is -1.12. The summed E-state index contributed by atoms with van der Waals surface area (Å²) in [6.07, 6.45) is 6.20. The average Bonchev–Trinajstić information content (AvgIpc) is 2.88. The van der Waals surface area contributed by atoms with E-state index in [2.05, 4.69) is 0 Å². The van der Waals surface area contributed by atoms with E-state index in [0.717, 1.165) is 18.2 Å². The van der Waals surface area contributed by atoms with Crippen LogP contribution in [0.3, 0.4) is 0 Å². The Morgan fingerprint density at radius 2 is 1.39 bits per heavy atom. The molecular weight excluding hydrogens is 507 g/mol. The summed E-state index contributed by atoms with van der Waals surface area (Å²) >= 11 is 0. The first-order valence-corrected chi connectivity index (χ1v) is 12.4. The lowest BCUT2D eigenvalue weighted by Crippen LogP contribution is -2.06. The second-order valence-corrected chi connectivity index (χ2v) is 8.39. The second-order valence-electron chi connectivity index (χ2n) is 8.39. The summed E-state index contributed by atoms with van der Waals surface area (Å²) in [4.78, 5) is 0. The lowest BCUT2D eigenvalue weighted by Gasteiger charge is -2.14. The topological polar surface area (TPSA) is 58.9 Å². The molecule has 0 saturated heterocycles. The molecule has 0 atom stereocenters. The van der Waals surface area contributed by atoms with Crippen molar-refractivity contribution in [3.63, 3.8) is 0 Å². The van der Waals surface area contributed by atoms with Crippen molar-refractivity contribution in [3.8, 4) is 5.75 Å². The summed E-state index contributed by atoms with van der Waals surface area (Å²) in [5.41, 5.74) is 1.52. The zero-order chi connectivity index (χ0) is 27.8. The summed E-state index contributed by atoms with van der Waals surface area (Å²) < 4.78 is 78.0. The third-order valence-electron chi connectivity index (χ3n) is 5.47. The van der Waals surface area contributed by atoms with Crippen molar-refractivity contribution in [2.75, 3.05) is 26.4 Å². The minimum atomic E-state index is -4.20. The van der Waals surface area contributed by atoms with Gasteiger partial charge in [0.25, 0.3) is 0 Å². The van der Waals surface area contributed by atoms with Gasteiger partial charge in [0, 0.05) is 6.42 Å². The van der Waals surface area contributed by atoms with E-state index in [4.69, 9.17) is 19.7 Å². The third kappa shape index (κ3) is 11.5. The second kappa shape index (κ2) is 16.6. The first kappa shape index (κ1) is 31.1. The van der Waals surface area contributed by atoms with E-state index in [1.54, 1.807) is 42.5 Å². The van der Waals surface area contributed by atoms with Crippen LogP contribution in [-0.4, -0.2) is 42.8 Å². The number of hydrogen-bond donors (Lipinski definition) is 2. The standard InChI is InChI=1S/C29H33F5O4/c30-26-15-16-28(38-21-19-36)27(31)10-6-3-5-8-24(22-11-13-23(14-12-22)37-20-18-35)25(26)9-4-1-2-7-17-29(32,33)34/h3,5-6,8,10-16,35-36H,1-2,4,7,9,17-21H2/b5-3?,6-3+,8-5-,10-6?,16-15?,24-8?,25-24+,26-15-,26-25?,27-10+,28-16+,28-27?. The maximum Gasteiger partial charge on any atom is 0.389 e. The largest absolute Gasteiger partial charge is 0.491 e. The third-order valence-corrected chi connectivity index (χ3v) is 5.47. The van der Waals surface area contributed by atoms with Crippen LogP contribution in [0.1, 0.15) is 44.1 Å². The Kier molecular flexibility index (Phi) is 13.6. The molecule has 9 heteroatoms. The molecule has 1 aromatic rings. The number of allylic oxidation sites excluding steroid dienone is 11. The van der Waals surface area contributed by atoms with Crippen molar-refractivity contribution in [2.45, 2.75) is 44.7 Å². The van der Waals surface area contributed by atoms with Crippen molar-refractivity contribution >= 4 is 5.57 Å².